The summed E-state index contributed by atoms with van der Waals surface area (Å²) in [6.07, 6.45) is 1.39. The van der Waals surface area contributed by atoms with E-state index in [1.807, 2.05) is 26.0 Å². The summed E-state index contributed by atoms with van der Waals surface area (Å²) >= 11 is 0. The van der Waals surface area contributed by atoms with Gasteiger partial charge in [0.2, 0.25) is 0 Å². The van der Waals surface area contributed by atoms with Crippen LogP contribution < -0.4 is 5.32 Å². The molecule has 0 fully saturated rings. The van der Waals surface area contributed by atoms with Gasteiger partial charge in [0, 0.05) is 12.2 Å². The van der Waals surface area contributed by atoms with Crippen LogP contribution in [0.4, 0.5) is 17.6 Å². The Morgan fingerprint density at radius 3 is 2.52 bits per heavy atom. The average molecular weight is 298 g/mol. The maximum atomic E-state index is 13.5. The second-order valence-corrected chi connectivity index (χ2v) is 5.20. The van der Waals surface area contributed by atoms with Crippen LogP contribution in [0.15, 0.2) is 41.6 Å². The Bertz CT molecular complexity index is 584. The van der Waals surface area contributed by atoms with Crippen LogP contribution in [0.1, 0.15) is 25.0 Å². The molecule has 1 aliphatic carbocycles. The van der Waals surface area contributed by atoms with Crippen molar-refractivity contribution in [2.75, 3.05) is 0 Å². The zero-order valence-electron chi connectivity index (χ0n) is 11.8. The molecular formula is C16H16F4N. The highest BCUT2D eigenvalue weighted by Gasteiger charge is 2.33. The third-order valence-corrected chi connectivity index (χ3v) is 3.19. The van der Waals surface area contributed by atoms with Crippen LogP contribution in [0, 0.1) is 18.2 Å². The summed E-state index contributed by atoms with van der Waals surface area (Å²) in [6, 6.07) is 2.98. The zero-order valence-corrected chi connectivity index (χ0v) is 11.8. The van der Waals surface area contributed by atoms with Crippen molar-refractivity contribution in [2.24, 2.45) is 5.92 Å². The van der Waals surface area contributed by atoms with Crippen molar-refractivity contribution < 1.29 is 17.6 Å². The van der Waals surface area contributed by atoms with Gasteiger partial charge in [-0.05, 0) is 43.0 Å². The summed E-state index contributed by atoms with van der Waals surface area (Å²) in [5.41, 5.74) is 1.24. The summed E-state index contributed by atoms with van der Waals surface area (Å²) in [5, 5.41) is 3.10. The fourth-order valence-electron chi connectivity index (χ4n) is 2.30. The molecule has 21 heavy (non-hydrogen) atoms. The summed E-state index contributed by atoms with van der Waals surface area (Å²) in [7, 11) is 0. The van der Waals surface area contributed by atoms with Crippen LogP contribution in [0.5, 0.6) is 0 Å². The van der Waals surface area contributed by atoms with Gasteiger partial charge in [0.25, 0.3) is 0 Å². The SMILES string of the molecule is CC1=CC(NCc2ccc(C(F)(F)F)c(F)c2)=CC(C)[CH]1. The van der Waals surface area contributed by atoms with E-state index in [1.54, 1.807) is 0 Å². The fourth-order valence-corrected chi connectivity index (χ4v) is 2.30. The van der Waals surface area contributed by atoms with E-state index in [4.69, 9.17) is 0 Å². The Hall–Kier alpha value is -1.78. The molecular weight excluding hydrogens is 282 g/mol. The topological polar surface area (TPSA) is 12.0 Å². The largest absolute Gasteiger partial charge is 0.419 e. The van der Waals surface area contributed by atoms with E-state index in [0.29, 0.717) is 11.5 Å². The number of nitrogens with one attached hydrogen (secondary N) is 1. The van der Waals surface area contributed by atoms with Crippen LogP contribution in [0.25, 0.3) is 0 Å². The lowest BCUT2D eigenvalue weighted by Crippen LogP contribution is -2.16. The third-order valence-electron chi connectivity index (χ3n) is 3.19. The maximum absolute atomic E-state index is 13.5. The number of allylic oxidation sites excluding steroid dienone is 3. The van der Waals surface area contributed by atoms with Crippen molar-refractivity contribution in [2.45, 2.75) is 26.6 Å². The van der Waals surface area contributed by atoms with Crippen LogP contribution >= 0.6 is 0 Å². The second-order valence-electron chi connectivity index (χ2n) is 5.20. The molecule has 1 aliphatic rings. The van der Waals surface area contributed by atoms with E-state index in [2.05, 4.69) is 11.7 Å². The lowest BCUT2D eigenvalue weighted by atomic mass is 9.95. The summed E-state index contributed by atoms with van der Waals surface area (Å²) in [5.74, 6) is -0.949. The standard InChI is InChI=1S/C16H16F4N/c1-10-5-11(2)7-13(6-10)21-9-12-3-4-14(15(17)8-12)16(18,19)20/h3-8,10,21H,9H2,1-2H3. The Labute approximate surface area is 121 Å². The molecule has 1 aromatic carbocycles. The monoisotopic (exact) mass is 298 g/mol. The fraction of sp³-hybridized carbons (Fsp3) is 0.312. The van der Waals surface area contributed by atoms with E-state index >= 15 is 0 Å². The van der Waals surface area contributed by atoms with Gasteiger partial charge in [0.1, 0.15) is 5.82 Å². The first-order valence-electron chi connectivity index (χ1n) is 6.60. The Kier molecular flexibility index (Phi) is 4.40. The van der Waals surface area contributed by atoms with Crippen LogP contribution in [0.2, 0.25) is 0 Å². The van der Waals surface area contributed by atoms with Crippen LogP contribution in [0.3, 0.4) is 0 Å². The number of hydrogen-bond acceptors (Lipinski definition) is 1. The molecule has 1 unspecified atom stereocenters. The normalized spacial score (nSPS) is 19.0. The van der Waals surface area contributed by atoms with Gasteiger partial charge in [-0.3, -0.25) is 0 Å². The van der Waals surface area contributed by atoms with Gasteiger partial charge < -0.3 is 5.32 Å². The highest BCUT2D eigenvalue weighted by Crippen LogP contribution is 2.31. The van der Waals surface area contributed by atoms with Crippen molar-refractivity contribution in [1.82, 2.24) is 5.32 Å². The molecule has 0 aromatic heterocycles. The van der Waals surface area contributed by atoms with E-state index < -0.39 is 17.6 Å². The van der Waals surface area contributed by atoms with E-state index in [1.165, 1.54) is 6.07 Å². The molecule has 0 heterocycles. The lowest BCUT2D eigenvalue weighted by molar-refractivity contribution is -0.140. The Balaban J connectivity index is 2.06. The molecule has 0 bridgehead atoms. The smallest absolute Gasteiger partial charge is 0.381 e. The van der Waals surface area contributed by atoms with Crippen LogP contribution in [-0.2, 0) is 12.7 Å². The van der Waals surface area contributed by atoms with Gasteiger partial charge in [-0.25, -0.2) is 4.39 Å². The quantitative estimate of drug-likeness (QED) is 0.803. The minimum Gasteiger partial charge on any atom is -0.381 e. The number of benzene rings is 1. The number of halogens is 4. The number of rotatable bonds is 3. The van der Waals surface area contributed by atoms with Crippen molar-refractivity contribution in [3.8, 4) is 0 Å². The van der Waals surface area contributed by atoms with Crippen molar-refractivity contribution in [1.29, 1.82) is 0 Å². The van der Waals surface area contributed by atoms with E-state index in [-0.39, 0.29) is 6.54 Å². The lowest BCUT2D eigenvalue weighted by Gasteiger charge is -2.17. The van der Waals surface area contributed by atoms with Crippen molar-refractivity contribution >= 4 is 0 Å². The molecule has 1 atom stereocenters. The Morgan fingerprint density at radius 1 is 1.24 bits per heavy atom. The highest BCUT2D eigenvalue weighted by molar-refractivity contribution is 5.34. The van der Waals surface area contributed by atoms with Gasteiger partial charge in [0.05, 0.1) is 5.56 Å². The van der Waals surface area contributed by atoms with Gasteiger partial charge in [0.15, 0.2) is 0 Å². The molecule has 0 saturated heterocycles. The van der Waals surface area contributed by atoms with Crippen molar-refractivity contribution in [3.63, 3.8) is 0 Å². The molecule has 0 spiro atoms. The molecule has 1 N–H and O–H groups in total. The first kappa shape index (κ1) is 15.6. The second kappa shape index (κ2) is 5.92. The molecule has 5 heteroatoms. The van der Waals surface area contributed by atoms with Gasteiger partial charge in [-0.2, -0.15) is 13.2 Å². The van der Waals surface area contributed by atoms with Gasteiger partial charge in [-0.1, -0.05) is 24.6 Å². The zero-order chi connectivity index (χ0) is 15.6. The summed E-state index contributed by atoms with van der Waals surface area (Å²) in [6.45, 7) is 4.29. The molecule has 0 amide bonds. The first-order valence-corrected chi connectivity index (χ1v) is 6.60. The highest BCUT2D eigenvalue weighted by atomic mass is 19.4. The molecule has 113 valence electrons. The Morgan fingerprint density at radius 2 is 1.95 bits per heavy atom. The predicted octanol–water partition coefficient (Wildman–Crippen LogP) is 4.62. The van der Waals surface area contributed by atoms with E-state index in [9.17, 15) is 17.6 Å². The van der Waals surface area contributed by atoms with Gasteiger partial charge in [-0.15, -0.1) is 0 Å². The molecule has 0 aliphatic heterocycles. The number of alkyl halides is 3. The van der Waals surface area contributed by atoms with Gasteiger partial charge >= 0.3 is 6.18 Å². The summed E-state index contributed by atoms with van der Waals surface area (Å²) < 4.78 is 50.9. The van der Waals surface area contributed by atoms with E-state index in [0.717, 1.165) is 23.4 Å². The maximum Gasteiger partial charge on any atom is 0.419 e. The molecule has 1 nitrogen and oxygen atoms in total. The predicted molar refractivity (Wildman–Crippen MR) is 73.5 cm³/mol. The molecule has 2 rings (SSSR count). The van der Waals surface area contributed by atoms with Crippen LogP contribution in [-0.4, -0.2) is 0 Å². The molecule has 0 saturated carbocycles. The average Bonchev–Trinajstić information content (AvgIpc) is 2.33. The first-order chi connectivity index (χ1) is 9.75. The number of hydrogen-bond donors (Lipinski definition) is 1. The summed E-state index contributed by atoms with van der Waals surface area (Å²) in [4.78, 5) is 0. The third kappa shape index (κ3) is 4.09. The molecule has 1 aromatic rings. The minimum absolute atomic E-state index is 0.275. The minimum atomic E-state index is -4.66. The molecule has 1 radical (unpaired) electrons. The van der Waals surface area contributed by atoms with Crippen molar-refractivity contribution in [3.05, 3.63) is 65.0 Å².